The van der Waals surface area contributed by atoms with Gasteiger partial charge in [-0.05, 0) is 42.4 Å². The summed E-state index contributed by atoms with van der Waals surface area (Å²) in [5.74, 6) is 0.242. The van der Waals surface area contributed by atoms with Gasteiger partial charge in [0, 0.05) is 17.2 Å². The van der Waals surface area contributed by atoms with Crippen LogP contribution < -0.4 is 5.32 Å². The van der Waals surface area contributed by atoms with E-state index >= 15 is 0 Å². The van der Waals surface area contributed by atoms with Gasteiger partial charge in [0.15, 0.2) is 0 Å². The third kappa shape index (κ3) is 3.83. The lowest BCUT2D eigenvalue weighted by molar-refractivity contribution is 0.617. The number of halogens is 1. The minimum Gasteiger partial charge on any atom is -0.316 e. The zero-order chi connectivity index (χ0) is 14.4. The van der Waals surface area contributed by atoms with E-state index in [9.17, 15) is 4.39 Å². The van der Waals surface area contributed by atoms with Crippen LogP contribution in [0.5, 0.6) is 0 Å². The minimum atomic E-state index is -0.316. The van der Waals surface area contributed by atoms with Crippen LogP contribution in [0.15, 0.2) is 47.4 Å². The number of nitrogens with one attached hydrogen (secondary N) is 1. The molecule has 0 heterocycles. The Balaban J connectivity index is 2.00. The fraction of sp³-hybridized carbons (Fsp3) is 0.188. The molecular formula is C16H15FN2S. The van der Waals surface area contributed by atoms with E-state index in [1.807, 2.05) is 25.2 Å². The van der Waals surface area contributed by atoms with Gasteiger partial charge in [0.05, 0.1) is 11.6 Å². The fourth-order valence-electron chi connectivity index (χ4n) is 1.80. The minimum absolute atomic E-state index is 0.316. The molecule has 0 fully saturated rings. The van der Waals surface area contributed by atoms with Crippen molar-refractivity contribution in [3.63, 3.8) is 0 Å². The maximum absolute atomic E-state index is 13.7. The second-order valence-electron chi connectivity index (χ2n) is 4.38. The number of nitrogens with zero attached hydrogens (tertiary/aromatic N) is 1. The molecule has 0 radical (unpaired) electrons. The number of hydrogen-bond acceptors (Lipinski definition) is 3. The Hall–Kier alpha value is -1.83. The Morgan fingerprint density at radius 2 is 1.95 bits per heavy atom. The molecule has 0 aliphatic carbocycles. The van der Waals surface area contributed by atoms with Gasteiger partial charge in [-0.2, -0.15) is 5.26 Å². The molecule has 0 spiro atoms. The molecule has 0 bridgehead atoms. The largest absolute Gasteiger partial charge is 0.316 e. The van der Waals surface area contributed by atoms with Crippen LogP contribution in [-0.4, -0.2) is 7.05 Å². The van der Waals surface area contributed by atoms with Gasteiger partial charge >= 0.3 is 0 Å². The van der Waals surface area contributed by atoms with Gasteiger partial charge in [0.2, 0.25) is 0 Å². The summed E-state index contributed by atoms with van der Waals surface area (Å²) >= 11 is 1.58. The third-order valence-corrected chi connectivity index (χ3v) is 3.94. The molecule has 20 heavy (non-hydrogen) atoms. The second-order valence-corrected chi connectivity index (χ2v) is 5.43. The molecule has 0 aliphatic rings. The van der Waals surface area contributed by atoms with Crippen LogP contribution in [0.1, 0.15) is 16.7 Å². The molecule has 0 saturated heterocycles. The summed E-state index contributed by atoms with van der Waals surface area (Å²) in [5.41, 5.74) is 2.20. The monoisotopic (exact) mass is 286 g/mol. The van der Waals surface area contributed by atoms with Crippen LogP contribution in [-0.2, 0) is 12.3 Å². The molecule has 2 rings (SSSR count). The normalized spacial score (nSPS) is 10.2. The van der Waals surface area contributed by atoms with E-state index in [1.54, 1.807) is 23.9 Å². The summed E-state index contributed by atoms with van der Waals surface area (Å²) in [6, 6.07) is 14.8. The Kier molecular flexibility index (Phi) is 5.16. The molecule has 0 atom stereocenters. The van der Waals surface area contributed by atoms with Crippen LogP contribution in [0.25, 0.3) is 0 Å². The van der Waals surface area contributed by atoms with Gasteiger partial charge in [-0.3, -0.25) is 0 Å². The predicted octanol–water partition coefficient (Wildman–Crippen LogP) is 3.71. The lowest BCUT2D eigenvalue weighted by Gasteiger charge is -2.05. The summed E-state index contributed by atoms with van der Waals surface area (Å²) in [6.07, 6.45) is 0. The van der Waals surface area contributed by atoms with Crippen LogP contribution in [0.4, 0.5) is 4.39 Å². The third-order valence-electron chi connectivity index (χ3n) is 2.88. The van der Waals surface area contributed by atoms with E-state index in [0.717, 1.165) is 11.4 Å². The number of rotatable bonds is 5. The Morgan fingerprint density at radius 1 is 1.20 bits per heavy atom. The Bertz CT molecular complexity index is 617. The first-order valence-corrected chi connectivity index (χ1v) is 7.26. The number of benzene rings is 2. The van der Waals surface area contributed by atoms with Gasteiger partial charge in [0.25, 0.3) is 0 Å². The maximum atomic E-state index is 13.7. The first-order chi connectivity index (χ1) is 9.72. The van der Waals surface area contributed by atoms with E-state index in [0.29, 0.717) is 16.9 Å². The van der Waals surface area contributed by atoms with Crippen molar-refractivity contribution in [1.82, 2.24) is 5.32 Å². The summed E-state index contributed by atoms with van der Waals surface area (Å²) in [4.78, 5) is 1.11. The van der Waals surface area contributed by atoms with Crippen molar-refractivity contribution in [3.05, 3.63) is 65.0 Å². The highest BCUT2D eigenvalue weighted by atomic mass is 32.2. The molecule has 0 aliphatic heterocycles. The number of thioether (sulfide) groups is 1. The highest BCUT2D eigenvalue weighted by Crippen LogP contribution is 2.24. The van der Waals surface area contributed by atoms with Crippen LogP contribution in [0, 0.1) is 17.1 Å². The molecule has 0 unspecified atom stereocenters. The summed E-state index contributed by atoms with van der Waals surface area (Å²) in [7, 11) is 1.91. The highest BCUT2D eigenvalue weighted by Gasteiger charge is 2.04. The number of hydrogen-bond donors (Lipinski definition) is 1. The SMILES string of the molecule is CNCc1ccc(SCc2ccc(C#N)cc2F)cc1. The molecule has 4 heteroatoms. The van der Waals surface area contributed by atoms with Crippen molar-refractivity contribution < 1.29 is 4.39 Å². The number of nitriles is 1. The fourth-order valence-corrected chi connectivity index (χ4v) is 2.69. The standard InChI is InChI=1S/C16H15FN2S/c1-19-10-12-3-6-15(7-4-12)20-11-14-5-2-13(9-18)8-16(14)17/h2-8,19H,10-11H2,1H3. The molecule has 0 saturated carbocycles. The topological polar surface area (TPSA) is 35.8 Å². The average molecular weight is 286 g/mol. The van der Waals surface area contributed by atoms with Gasteiger partial charge in [-0.15, -0.1) is 11.8 Å². The molecule has 102 valence electrons. The predicted molar refractivity (Wildman–Crippen MR) is 79.9 cm³/mol. The van der Waals surface area contributed by atoms with E-state index in [-0.39, 0.29) is 5.82 Å². The van der Waals surface area contributed by atoms with Crippen LogP contribution in [0.2, 0.25) is 0 Å². The van der Waals surface area contributed by atoms with Gasteiger partial charge in [0.1, 0.15) is 5.82 Å². The average Bonchev–Trinajstić information content (AvgIpc) is 2.48. The van der Waals surface area contributed by atoms with Crippen molar-refractivity contribution in [2.24, 2.45) is 0 Å². The van der Waals surface area contributed by atoms with Crippen molar-refractivity contribution >= 4 is 11.8 Å². The van der Waals surface area contributed by atoms with Gasteiger partial charge in [-0.25, -0.2) is 4.39 Å². The zero-order valence-corrected chi connectivity index (χ0v) is 12.0. The lowest BCUT2D eigenvalue weighted by atomic mass is 10.1. The summed E-state index contributed by atoms with van der Waals surface area (Å²) in [5, 5.41) is 11.8. The molecule has 2 nitrogen and oxygen atoms in total. The quantitative estimate of drug-likeness (QED) is 0.851. The van der Waals surface area contributed by atoms with E-state index in [4.69, 9.17) is 5.26 Å². The van der Waals surface area contributed by atoms with E-state index in [2.05, 4.69) is 17.4 Å². The molecular weight excluding hydrogens is 271 g/mol. The van der Waals surface area contributed by atoms with Crippen LogP contribution in [0.3, 0.4) is 0 Å². The molecule has 2 aromatic rings. The molecule has 1 N–H and O–H groups in total. The molecule has 0 aromatic heterocycles. The van der Waals surface area contributed by atoms with Crippen LogP contribution >= 0.6 is 11.8 Å². The molecule has 2 aromatic carbocycles. The second kappa shape index (κ2) is 7.09. The Labute approximate surface area is 122 Å². The van der Waals surface area contributed by atoms with E-state index < -0.39 is 0 Å². The first kappa shape index (κ1) is 14.6. The van der Waals surface area contributed by atoms with Crippen molar-refractivity contribution in [3.8, 4) is 6.07 Å². The molecule has 0 amide bonds. The smallest absolute Gasteiger partial charge is 0.128 e. The summed E-state index contributed by atoms with van der Waals surface area (Å²) < 4.78 is 13.7. The van der Waals surface area contributed by atoms with Crippen molar-refractivity contribution in [2.75, 3.05) is 7.05 Å². The van der Waals surface area contributed by atoms with Gasteiger partial charge in [-0.1, -0.05) is 18.2 Å². The van der Waals surface area contributed by atoms with Crippen molar-refractivity contribution in [2.45, 2.75) is 17.2 Å². The van der Waals surface area contributed by atoms with Crippen molar-refractivity contribution in [1.29, 1.82) is 5.26 Å². The first-order valence-electron chi connectivity index (χ1n) is 6.28. The highest BCUT2D eigenvalue weighted by molar-refractivity contribution is 7.98. The summed E-state index contributed by atoms with van der Waals surface area (Å²) in [6.45, 7) is 0.842. The van der Waals surface area contributed by atoms with Gasteiger partial charge < -0.3 is 5.32 Å². The van der Waals surface area contributed by atoms with E-state index in [1.165, 1.54) is 11.6 Å². The lowest BCUT2D eigenvalue weighted by Crippen LogP contribution is -2.04. The maximum Gasteiger partial charge on any atom is 0.128 e. The zero-order valence-electron chi connectivity index (χ0n) is 11.2. The Morgan fingerprint density at radius 3 is 2.55 bits per heavy atom.